The molecule has 0 aliphatic heterocycles. The molecule has 0 saturated carbocycles. The van der Waals surface area contributed by atoms with E-state index in [4.69, 9.17) is 0 Å². The molecule has 0 aliphatic carbocycles. The predicted molar refractivity (Wildman–Crippen MR) is 81.6 cm³/mol. The zero-order valence-corrected chi connectivity index (χ0v) is 12.6. The molecule has 1 N–H and O–H groups in total. The van der Waals surface area contributed by atoms with Gasteiger partial charge in [0.1, 0.15) is 0 Å². The minimum Gasteiger partial charge on any atom is -0.309 e. The van der Waals surface area contributed by atoms with Crippen molar-refractivity contribution in [3.63, 3.8) is 0 Å². The van der Waals surface area contributed by atoms with E-state index in [2.05, 4.69) is 59.1 Å². The van der Waals surface area contributed by atoms with Crippen molar-refractivity contribution < 1.29 is 0 Å². The fourth-order valence-electron chi connectivity index (χ4n) is 2.48. The number of nitrogens with one attached hydrogen (secondary N) is 1. The second-order valence-corrected chi connectivity index (χ2v) is 4.90. The van der Waals surface area contributed by atoms with Crippen LogP contribution in [0.3, 0.4) is 0 Å². The largest absolute Gasteiger partial charge is 0.309 e. The van der Waals surface area contributed by atoms with Gasteiger partial charge in [-0.15, -0.1) is 0 Å². The molecular weight excluding hydrogens is 248 g/mol. The van der Waals surface area contributed by atoms with Crippen LogP contribution >= 0.6 is 0 Å². The first-order valence-electron chi connectivity index (χ1n) is 7.47. The highest BCUT2D eigenvalue weighted by atomic mass is 15.3. The molecule has 2 aromatic heterocycles. The first-order valence-corrected chi connectivity index (χ1v) is 7.47. The molecule has 0 bridgehead atoms. The Morgan fingerprint density at radius 1 is 1.20 bits per heavy atom. The van der Waals surface area contributed by atoms with Crippen LogP contribution in [0.5, 0.6) is 0 Å². The lowest BCUT2D eigenvalue weighted by atomic mass is 10.0. The maximum atomic E-state index is 4.66. The molecule has 1 atom stereocenters. The van der Waals surface area contributed by atoms with Crippen molar-refractivity contribution in [1.82, 2.24) is 20.1 Å². The summed E-state index contributed by atoms with van der Waals surface area (Å²) in [5.41, 5.74) is 3.75. The molecule has 0 aromatic carbocycles. The summed E-state index contributed by atoms with van der Waals surface area (Å²) in [6.45, 7) is 8.30. The lowest BCUT2D eigenvalue weighted by Crippen LogP contribution is -2.25. The summed E-state index contributed by atoms with van der Waals surface area (Å²) in [6.07, 6.45) is 5.65. The predicted octanol–water partition coefficient (Wildman–Crippen LogP) is 2.75. The third kappa shape index (κ3) is 3.45. The SMILES string of the molecule is CCNC(Cc1ccncc1)c1cc(CC)nn1CC. The summed E-state index contributed by atoms with van der Waals surface area (Å²) in [7, 11) is 0. The third-order valence-corrected chi connectivity index (χ3v) is 3.52. The first kappa shape index (κ1) is 14.7. The van der Waals surface area contributed by atoms with Crippen LogP contribution < -0.4 is 5.32 Å². The van der Waals surface area contributed by atoms with Gasteiger partial charge in [0, 0.05) is 18.9 Å². The van der Waals surface area contributed by atoms with Gasteiger partial charge < -0.3 is 5.32 Å². The molecule has 0 spiro atoms. The van der Waals surface area contributed by atoms with Gasteiger partial charge in [-0.25, -0.2) is 0 Å². The number of hydrogen-bond donors (Lipinski definition) is 1. The maximum absolute atomic E-state index is 4.66. The maximum Gasteiger partial charge on any atom is 0.0625 e. The average molecular weight is 272 g/mol. The molecule has 1 unspecified atom stereocenters. The lowest BCUT2D eigenvalue weighted by Gasteiger charge is -2.19. The Balaban J connectivity index is 2.25. The molecule has 0 fully saturated rings. The highest BCUT2D eigenvalue weighted by Crippen LogP contribution is 2.20. The van der Waals surface area contributed by atoms with Gasteiger partial charge in [-0.2, -0.15) is 5.10 Å². The van der Waals surface area contributed by atoms with E-state index in [-0.39, 0.29) is 0 Å². The molecule has 4 nitrogen and oxygen atoms in total. The Morgan fingerprint density at radius 2 is 1.95 bits per heavy atom. The molecule has 4 heteroatoms. The zero-order chi connectivity index (χ0) is 14.4. The Hall–Kier alpha value is -1.68. The topological polar surface area (TPSA) is 42.7 Å². The molecular formula is C16H24N4. The highest BCUT2D eigenvalue weighted by Gasteiger charge is 2.17. The van der Waals surface area contributed by atoms with E-state index < -0.39 is 0 Å². The van der Waals surface area contributed by atoms with Crippen molar-refractivity contribution in [2.75, 3.05) is 6.54 Å². The van der Waals surface area contributed by atoms with Gasteiger partial charge in [-0.05, 0) is 50.1 Å². The quantitative estimate of drug-likeness (QED) is 0.843. The van der Waals surface area contributed by atoms with Gasteiger partial charge >= 0.3 is 0 Å². The Labute approximate surface area is 121 Å². The smallest absolute Gasteiger partial charge is 0.0625 e. The van der Waals surface area contributed by atoms with Crippen molar-refractivity contribution in [3.8, 4) is 0 Å². The van der Waals surface area contributed by atoms with Crippen molar-refractivity contribution >= 4 is 0 Å². The molecule has 0 aliphatic rings. The summed E-state index contributed by atoms with van der Waals surface area (Å²) in [5.74, 6) is 0. The van der Waals surface area contributed by atoms with Crippen LogP contribution in [0.4, 0.5) is 0 Å². The second kappa shape index (κ2) is 7.20. The molecule has 108 valence electrons. The Kier molecular flexibility index (Phi) is 5.30. The Morgan fingerprint density at radius 3 is 2.55 bits per heavy atom. The molecule has 0 radical (unpaired) electrons. The van der Waals surface area contributed by atoms with Crippen LogP contribution in [-0.4, -0.2) is 21.3 Å². The van der Waals surface area contributed by atoms with E-state index in [0.29, 0.717) is 6.04 Å². The number of nitrogens with zero attached hydrogens (tertiary/aromatic N) is 3. The number of aromatic nitrogens is 3. The van der Waals surface area contributed by atoms with E-state index in [0.717, 1.165) is 25.9 Å². The summed E-state index contributed by atoms with van der Waals surface area (Å²) >= 11 is 0. The van der Waals surface area contributed by atoms with Gasteiger partial charge in [0.2, 0.25) is 0 Å². The van der Waals surface area contributed by atoms with Gasteiger partial charge in [-0.1, -0.05) is 13.8 Å². The van der Waals surface area contributed by atoms with Crippen LogP contribution in [0.15, 0.2) is 30.6 Å². The van der Waals surface area contributed by atoms with Gasteiger partial charge in [-0.3, -0.25) is 9.67 Å². The number of pyridine rings is 1. The molecule has 20 heavy (non-hydrogen) atoms. The van der Waals surface area contributed by atoms with E-state index >= 15 is 0 Å². The minimum absolute atomic E-state index is 0.301. The van der Waals surface area contributed by atoms with Crippen molar-refractivity contribution in [2.24, 2.45) is 0 Å². The van der Waals surface area contributed by atoms with E-state index in [1.807, 2.05) is 12.4 Å². The standard InChI is InChI=1S/C16H24N4/c1-4-14-12-16(20(6-3)19-14)15(18-5-2)11-13-7-9-17-10-8-13/h7-10,12,15,18H,4-6,11H2,1-3H3. The van der Waals surface area contributed by atoms with E-state index in [1.54, 1.807) is 0 Å². The van der Waals surface area contributed by atoms with Gasteiger partial charge in [0.25, 0.3) is 0 Å². The van der Waals surface area contributed by atoms with Gasteiger partial charge in [0.15, 0.2) is 0 Å². The van der Waals surface area contributed by atoms with Crippen LogP contribution in [-0.2, 0) is 19.4 Å². The first-order chi connectivity index (χ1) is 9.78. The number of rotatable bonds is 7. The summed E-state index contributed by atoms with van der Waals surface area (Å²) in [4.78, 5) is 4.08. The zero-order valence-electron chi connectivity index (χ0n) is 12.6. The molecule has 2 heterocycles. The lowest BCUT2D eigenvalue weighted by molar-refractivity contribution is 0.489. The summed E-state index contributed by atoms with van der Waals surface area (Å²) < 4.78 is 2.12. The fourth-order valence-corrected chi connectivity index (χ4v) is 2.48. The second-order valence-electron chi connectivity index (χ2n) is 4.90. The molecule has 2 rings (SSSR count). The summed E-state index contributed by atoms with van der Waals surface area (Å²) in [6, 6.07) is 6.70. The highest BCUT2D eigenvalue weighted by molar-refractivity contribution is 5.19. The monoisotopic (exact) mass is 272 g/mol. The van der Waals surface area contributed by atoms with Crippen LogP contribution in [0.25, 0.3) is 0 Å². The fraction of sp³-hybridized carbons (Fsp3) is 0.500. The normalized spacial score (nSPS) is 12.6. The van der Waals surface area contributed by atoms with Crippen LogP contribution in [0.2, 0.25) is 0 Å². The van der Waals surface area contributed by atoms with Crippen LogP contribution in [0.1, 0.15) is 43.8 Å². The third-order valence-electron chi connectivity index (χ3n) is 3.52. The summed E-state index contributed by atoms with van der Waals surface area (Å²) in [5, 5.41) is 8.23. The molecule has 0 saturated heterocycles. The van der Waals surface area contributed by atoms with Gasteiger partial charge in [0.05, 0.1) is 17.4 Å². The van der Waals surface area contributed by atoms with E-state index in [9.17, 15) is 0 Å². The van der Waals surface area contributed by atoms with Crippen LogP contribution in [0, 0.1) is 0 Å². The minimum atomic E-state index is 0.301. The number of aryl methyl sites for hydroxylation is 2. The van der Waals surface area contributed by atoms with E-state index in [1.165, 1.54) is 17.0 Å². The average Bonchev–Trinajstić information content (AvgIpc) is 2.91. The number of hydrogen-bond acceptors (Lipinski definition) is 3. The molecule has 2 aromatic rings. The Bertz CT molecular complexity index is 519. The van der Waals surface area contributed by atoms with Crippen molar-refractivity contribution in [1.29, 1.82) is 0 Å². The molecule has 0 amide bonds. The van der Waals surface area contributed by atoms with Crippen molar-refractivity contribution in [3.05, 3.63) is 47.5 Å². The van der Waals surface area contributed by atoms with Crippen molar-refractivity contribution in [2.45, 2.75) is 46.2 Å². The number of likely N-dealkylation sites (N-methyl/N-ethyl adjacent to an activating group) is 1.